The number of hydrogen-bond acceptors (Lipinski definition) is 4. The maximum absolute atomic E-state index is 11.4. The van der Waals surface area contributed by atoms with Crippen molar-refractivity contribution in [3.8, 4) is 0 Å². The van der Waals surface area contributed by atoms with Crippen LogP contribution in [0.5, 0.6) is 0 Å². The molecular formula is C10H18O3S. The van der Waals surface area contributed by atoms with Gasteiger partial charge in [0, 0.05) is 11.2 Å². The molecule has 3 nitrogen and oxygen atoms in total. The van der Waals surface area contributed by atoms with Crippen LogP contribution in [0.1, 0.15) is 34.1 Å². The topological polar surface area (TPSA) is 43.4 Å². The summed E-state index contributed by atoms with van der Waals surface area (Å²) in [7, 11) is 1.33. The highest BCUT2D eigenvalue weighted by Crippen LogP contribution is 2.26. The van der Waals surface area contributed by atoms with E-state index in [0.29, 0.717) is 0 Å². The van der Waals surface area contributed by atoms with Crippen molar-refractivity contribution in [2.45, 2.75) is 38.9 Å². The predicted octanol–water partition coefficient (Wildman–Crippen LogP) is 2.24. The fraction of sp³-hybridized carbons (Fsp3) is 0.800. The van der Waals surface area contributed by atoms with Gasteiger partial charge in [0.1, 0.15) is 0 Å². The maximum Gasteiger partial charge on any atom is 0.308 e. The maximum atomic E-state index is 11.4. The van der Waals surface area contributed by atoms with Crippen LogP contribution in [-0.4, -0.2) is 22.9 Å². The predicted molar refractivity (Wildman–Crippen MR) is 58.1 cm³/mol. The van der Waals surface area contributed by atoms with Crippen LogP contribution in [0.3, 0.4) is 0 Å². The monoisotopic (exact) mass is 218 g/mol. The van der Waals surface area contributed by atoms with E-state index in [-0.39, 0.29) is 28.2 Å². The molecule has 0 aromatic heterocycles. The second kappa shape index (κ2) is 5.39. The molecule has 0 aliphatic carbocycles. The molecule has 0 aliphatic rings. The third-order valence-corrected chi connectivity index (χ3v) is 2.50. The number of thioether (sulfide) groups is 1. The molecule has 1 atom stereocenters. The second-order valence-corrected chi connectivity index (χ2v) is 6.10. The van der Waals surface area contributed by atoms with Crippen molar-refractivity contribution in [1.82, 2.24) is 0 Å². The Morgan fingerprint density at radius 3 is 2.21 bits per heavy atom. The Balaban J connectivity index is 4.01. The van der Waals surface area contributed by atoms with E-state index >= 15 is 0 Å². The molecule has 0 saturated carbocycles. The van der Waals surface area contributed by atoms with Crippen molar-refractivity contribution >= 4 is 22.8 Å². The molecular weight excluding hydrogens is 200 g/mol. The highest BCUT2D eigenvalue weighted by atomic mass is 32.2. The zero-order valence-corrected chi connectivity index (χ0v) is 10.2. The second-order valence-electron chi connectivity index (χ2n) is 4.21. The van der Waals surface area contributed by atoms with Gasteiger partial charge in [-0.3, -0.25) is 9.59 Å². The van der Waals surface area contributed by atoms with Gasteiger partial charge in [0.25, 0.3) is 0 Å². The summed E-state index contributed by atoms with van der Waals surface area (Å²) in [6, 6.07) is 0. The molecule has 0 aromatic carbocycles. The molecule has 0 heterocycles. The Labute approximate surface area is 89.6 Å². The number of rotatable bonds is 3. The number of hydrogen-bond donors (Lipinski definition) is 0. The van der Waals surface area contributed by atoms with Crippen molar-refractivity contribution in [1.29, 1.82) is 0 Å². The molecule has 14 heavy (non-hydrogen) atoms. The van der Waals surface area contributed by atoms with E-state index in [1.54, 1.807) is 6.92 Å². The molecule has 0 bridgehead atoms. The Bertz CT molecular complexity index is 218. The Morgan fingerprint density at radius 1 is 1.36 bits per heavy atom. The fourth-order valence-electron chi connectivity index (χ4n) is 0.918. The molecule has 0 rings (SSSR count). The van der Waals surface area contributed by atoms with Crippen LogP contribution in [0.2, 0.25) is 0 Å². The van der Waals surface area contributed by atoms with Crippen molar-refractivity contribution in [3.63, 3.8) is 0 Å². The van der Waals surface area contributed by atoms with Crippen LogP contribution in [0.4, 0.5) is 0 Å². The molecule has 0 N–H and O–H groups in total. The Morgan fingerprint density at radius 2 is 1.86 bits per heavy atom. The first-order valence-corrected chi connectivity index (χ1v) is 5.37. The summed E-state index contributed by atoms with van der Waals surface area (Å²) in [5.41, 5.74) is 0. The summed E-state index contributed by atoms with van der Waals surface area (Å²) in [5, 5.41) is 0.0374. The normalized spacial score (nSPS) is 13.5. The Kier molecular flexibility index (Phi) is 5.19. The van der Waals surface area contributed by atoms with Crippen LogP contribution in [0.15, 0.2) is 0 Å². The fourth-order valence-corrected chi connectivity index (χ4v) is 1.93. The van der Waals surface area contributed by atoms with Gasteiger partial charge in [0.05, 0.1) is 13.0 Å². The quantitative estimate of drug-likeness (QED) is 0.681. The van der Waals surface area contributed by atoms with Crippen molar-refractivity contribution in [3.05, 3.63) is 0 Å². The number of carbonyl (C=O) groups is 2. The lowest BCUT2D eigenvalue weighted by atomic mass is 10.1. The first-order chi connectivity index (χ1) is 6.26. The number of ether oxygens (including phenoxy) is 1. The minimum Gasteiger partial charge on any atom is -0.469 e. The highest BCUT2D eigenvalue weighted by Gasteiger charge is 2.22. The lowest BCUT2D eigenvalue weighted by Crippen LogP contribution is -2.18. The van der Waals surface area contributed by atoms with Gasteiger partial charge in [-0.1, -0.05) is 39.5 Å². The van der Waals surface area contributed by atoms with Crippen molar-refractivity contribution < 1.29 is 14.3 Å². The van der Waals surface area contributed by atoms with E-state index in [1.165, 1.54) is 18.9 Å². The molecule has 0 radical (unpaired) electrons. The highest BCUT2D eigenvalue weighted by molar-refractivity contribution is 8.14. The lowest BCUT2D eigenvalue weighted by molar-refractivity contribution is -0.145. The summed E-state index contributed by atoms with van der Waals surface area (Å²) in [4.78, 5) is 22.5. The van der Waals surface area contributed by atoms with E-state index in [1.807, 2.05) is 20.8 Å². The van der Waals surface area contributed by atoms with Gasteiger partial charge in [-0.25, -0.2) is 0 Å². The van der Waals surface area contributed by atoms with Gasteiger partial charge in [0.2, 0.25) is 0 Å². The van der Waals surface area contributed by atoms with Crippen molar-refractivity contribution in [2.75, 3.05) is 7.11 Å². The van der Waals surface area contributed by atoms with E-state index in [4.69, 9.17) is 0 Å². The molecule has 1 unspecified atom stereocenters. The van der Waals surface area contributed by atoms with E-state index in [0.717, 1.165) is 0 Å². The smallest absolute Gasteiger partial charge is 0.308 e. The summed E-state index contributed by atoms with van der Waals surface area (Å²) < 4.78 is 4.45. The molecule has 0 aromatic rings. The molecule has 0 fully saturated rings. The summed E-state index contributed by atoms with van der Waals surface area (Å²) >= 11 is 1.27. The largest absolute Gasteiger partial charge is 0.469 e. The molecule has 0 spiro atoms. The first kappa shape index (κ1) is 13.5. The van der Waals surface area contributed by atoms with Gasteiger partial charge in [-0.15, -0.1) is 0 Å². The van der Waals surface area contributed by atoms with Crippen LogP contribution in [0.25, 0.3) is 0 Å². The summed E-state index contributed by atoms with van der Waals surface area (Å²) in [6.45, 7) is 7.61. The van der Waals surface area contributed by atoms with Gasteiger partial charge >= 0.3 is 5.97 Å². The lowest BCUT2D eigenvalue weighted by Gasteiger charge is -2.17. The van der Waals surface area contributed by atoms with Crippen LogP contribution < -0.4 is 0 Å². The Hall–Kier alpha value is -0.510. The van der Waals surface area contributed by atoms with Crippen LogP contribution in [0, 0.1) is 5.92 Å². The SMILES string of the molecule is COC(=O)C(C)CC(=O)SC(C)(C)C. The standard InChI is InChI=1S/C10H18O3S/c1-7(9(12)13-5)6-8(11)14-10(2,3)4/h7H,6H2,1-5H3. The average Bonchev–Trinajstić information content (AvgIpc) is 1.99. The van der Waals surface area contributed by atoms with Crippen LogP contribution in [-0.2, 0) is 14.3 Å². The van der Waals surface area contributed by atoms with E-state index in [2.05, 4.69) is 4.74 Å². The zero-order chi connectivity index (χ0) is 11.4. The van der Waals surface area contributed by atoms with Gasteiger partial charge in [-0.2, -0.15) is 0 Å². The summed E-state index contributed by atoms with van der Waals surface area (Å²) in [5.74, 6) is -0.671. The molecule has 82 valence electrons. The zero-order valence-electron chi connectivity index (χ0n) is 9.42. The first-order valence-electron chi connectivity index (χ1n) is 4.56. The minimum absolute atomic E-state index is 0.0374. The van der Waals surface area contributed by atoms with E-state index in [9.17, 15) is 9.59 Å². The van der Waals surface area contributed by atoms with Gasteiger partial charge < -0.3 is 4.74 Å². The third kappa shape index (κ3) is 6.02. The molecule has 0 amide bonds. The third-order valence-electron chi connectivity index (χ3n) is 1.50. The number of carbonyl (C=O) groups excluding carboxylic acids is 2. The van der Waals surface area contributed by atoms with Crippen LogP contribution >= 0.6 is 11.8 Å². The van der Waals surface area contributed by atoms with E-state index < -0.39 is 0 Å². The van der Waals surface area contributed by atoms with Gasteiger partial charge in [-0.05, 0) is 0 Å². The minimum atomic E-state index is -0.345. The molecule has 0 aliphatic heterocycles. The van der Waals surface area contributed by atoms with Gasteiger partial charge in [0.15, 0.2) is 5.12 Å². The number of methoxy groups -OCH3 is 1. The number of esters is 1. The molecule has 4 heteroatoms. The molecule has 0 saturated heterocycles. The average molecular weight is 218 g/mol. The van der Waals surface area contributed by atoms with Crippen molar-refractivity contribution in [2.24, 2.45) is 5.92 Å². The summed E-state index contributed by atoms with van der Waals surface area (Å²) in [6.07, 6.45) is 0.245.